The van der Waals surface area contributed by atoms with Crippen molar-refractivity contribution in [3.63, 3.8) is 0 Å². The Balaban J connectivity index is 2.91. The normalized spacial score (nSPS) is 12.6. The molecule has 0 bridgehead atoms. The van der Waals surface area contributed by atoms with Crippen LogP contribution in [0.4, 0.5) is 5.69 Å². The van der Waals surface area contributed by atoms with E-state index in [1.165, 1.54) is 0 Å². The number of benzene rings is 1. The standard InChI is InChI=1S/C10H17N3/c1-13(2)9-5-3-4-8(6-9)10(12)7-11/h3-6,10H,7,11-12H2,1-2H3. The SMILES string of the molecule is CN(C)c1cccc(C(N)CN)c1. The van der Waals surface area contributed by atoms with Crippen LogP contribution >= 0.6 is 0 Å². The molecular formula is C10H17N3. The Labute approximate surface area is 79.3 Å². The molecule has 0 aliphatic heterocycles. The molecule has 1 rings (SSSR count). The molecule has 1 aromatic rings. The summed E-state index contributed by atoms with van der Waals surface area (Å²) in [7, 11) is 4.01. The summed E-state index contributed by atoms with van der Waals surface area (Å²) in [4.78, 5) is 2.05. The third-order valence-electron chi connectivity index (χ3n) is 2.07. The van der Waals surface area contributed by atoms with Gasteiger partial charge in [0.2, 0.25) is 0 Å². The summed E-state index contributed by atoms with van der Waals surface area (Å²) in [6, 6.07) is 8.06. The van der Waals surface area contributed by atoms with Gasteiger partial charge in [-0.1, -0.05) is 12.1 Å². The first-order valence-electron chi connectivity index (χ1n) is 4.38. The highest BCUT2D eigenvalue weighted by atomic mass is 15.1. The van der Waals surface area contributed by atoms with Crippen molar-refractivity contribution < 1.29 is 0 Å². The number of hydrogen-bond donors (Lipinski definition) is 2. The van der Waals surface area contributed by atoms with Gasteiger partial charge in [-0.05, 0) is 17.7 Å². The van der Waals surface area contributed by atoms with Crippen LogP contribution < -0.4 is 16.4 Å². The molecule has 1 unspecified atom stereocenters. The van der Waals surface area contributed by atoms with Gasteiger partial charge in [0.25, 0.3) is 0 Å². The first-order valence-corrected chi connectivity index (χ1v) is 4.38. The van der Waals surface area contributed by atoms with E-state index in [0.717, 1.165) is 11.3 Å². The molecule has 0 spiro atoms. The Morgan fingerprint density at radius 1 is 1.38 bits per heavy atom. The second-order valence-electron chi connectivity index (χ2n) is 3.33. The molecule has 0 radical (unpaired) electrons. The maximum atomic E-state index is 5.82. The van der Waals surface area contributed by atoms with Gasteiger partial charge in [0, 0.05) is 32.4 Å². The highest BCUT2D eigenvalue weighted by Crippen LogP contribution is 2.16. The van der Waals surface area contributed by atoms with Crippen molar-refractivity contribution in [3.8, 4) is 0 Å². The van der Waals surface area contributed by atoms with E-state index in [1.54, 1.807) is 0 Å². The lowest BCUT2D eigenvalue weighted by Gasteiger charge is -2.15. The molecule has 1 atom stereocenters. The second-order valence-corrected chi connectivity index (χ2v) is 3.33. The molecule has 3 nitrogen and oxygen atoms in total. The molecule has 0 amide bonds. The lowest BCUT2D eigenvalue weighted by atomic mass is 10.1. The summed E-state index contributed by atoms with van der Waals surface area (Å²) < 4.78 is 0. The Morgan fingerprint density at radius 2 is 2.08 bits per heavy atom. The fraction of sp³-hybridized carbons (Fsp3) is 0.400. The van der Waals surface area contributed by atoms with Gasteiger partial charge in [-0.3, -0.25) is 0 Å². The number of rotatable bonds is 3. The van der Waals surface area contributed by atoms with Crippen LogP contribution in [0.5, 0.6) is 0 Å². The van der Waals surface area contributed by atoms with Gasteiger partial charge >= 0.3 is 0 Å². The van der Waals surface area contributed by atoms with E-state index >= 15 is 0 Å². The van der Waals surface area contributed by atoms with Gasteiger partial charge < -0.3 is 16.4 Å². The zero-order chi connectivity index (χ0) is 9.84. The van der Waals surface area contributed by atoms with E-state index in [4.69, 9.17) is 11.5 Å². The average molecular weight is 179 g/mol. The largest absolute Gasteiger partial charge is 0.378 e. The third kappa shape index (κ3) is 2.44. The summed E-state index contributed by atoms with van der Waals surface area (Å²) in [5.41, 5.74) is 13.6. The lowest BCUT2D eigenvalue weighted by Crippen LogP contribution is -2.21. The molecule has 72 valence electrons. The van der Waals surface area contributed by atoms with Crippen LogP contribution in [0.15, 0.2) is 24.3 Å². The van der Waals surface area contributed by atoms with E-state index in [9.17, 15) is 0 Å². The Morgan fingerprint density at radius 3 is 2.62 bits per heavy atom. The van der Waals surface area contributed by atoms with Crippen LogP contribution in [0.25, 0.3) is 0 Å². The van der Waals surface area contributed by atoms with Crippen LogP contribution in [0.1, 0.15) is 11.6 Å². The van der Waals surface area contributed by atoms with Gasteiger partial charge in [-0.15, -0.1) is 0 Å². The molecule has 0 aromatic heterocycles. The van der Waals surface area contributed by atoms with E-state index < -0.39 is 0 Å². The van der Waals surface area contributed by atoms with Crippen LogP contribution in [0, 0.1) is 0 Å². The maximum Gasteiger partial charge on any atom is 0.0420 e. The highest BCUT2D eigenvalue weighted by molar-refractivity contribution is 5.47. The number of anilines is 1. The van der Waals surface area contributed by atoms with Gasteiger partial charge in [0.05, 0.1) is 0 Å². The van der Waals surface area contributed by atoms with Crippen LogP contribution in [0.3, 0.4) is 0 Å². The van der Waals surface area contributed by atoms with E-state index in [0.29, 0.717) is 6.54 Å². The molecule has 0 fully saturated rings. The van der Waals surface area contributed by atoms with E-state index in [2.05, 4.69) is 6.07 Å². The minimum atomic E-state index is -0.0556. The van der Waals surface area contributed by atoms with Crippen LogP contribution in [-0.2, 0) is 0 Å². The molecule has 1 aromatic carbocycles. The van der Waals surface area contributed by atoms with Gasteiger partial charge in [-0.25, -0.2) is 0 Å². The lowest BCUT2D eigenvalue weighted by molar-refractivity contribution is 0.737. The highest BCUT2D eigenvalue weighted by Gasteiger charge is 2.04. The topological polar surface area (TPSA) is 55.3 Å². The second kappa shape index (κ2) is 4.25. The van der Waals surface area contributed by atoms with Crippen molar-refractivity contribution in [1.29, 1.82) is 0 Å². The van der Waals surface area contributed by atoms with Crippen molar-refractivity contribution in [1.82, 2.24) is 0 Å². The average Bonchev–Trinajstić information content (AvgIpc) is 2.17. The van der Waals surface area contributed by atoms with Gasteiger partial charge in [0.1, 0.15) is 0 Å². The molecule has 13 heavy (non-hydrogen) atoms. The Hall–Kier alpha value is -1.06. The summed E-state index contributed by atoms with van der Waals surface area (Å²) in [6.45, 7) is 0.483. The zero-order valence-corrected chi connectivity index (χ0v) is 8.20. The fourth-order valence-electron chi connectivity index (χ4n) is 1.17. The number of hydrogen-bond acceptors (Lipinski definition) is 3. The first kappa shape index (κ1) is 10.0. The van der Waals surface area contributed by atoms with Crippen LogP contribution in [0.2, 0.25) is 0 Å². The summed E-state index contributed by atoms with van der Waals surface area (Å²) >= 11 is 0. The minimum Gasteiger partial charge on any atom is -0.378 e. The molecule has 0 saturated carbocycles. The van der Waals surface area contributed by atoms with Gasteiger partial charge in [0.15, 0.2) is 0 Å². The van der Waals surface area contributed by atoms with Gasteiger partial charge in [-0.2, -0.15) is 0 Å². The molecule has 4 N–H and O–H groups in total. The summed E-state index contributed by atoms with van der Waals surface area (Å²) in [5.74, 6) is 0. The third-order valence-corrected chi connectivity index (χ3v) is 2.07. The van der Waals surface area contributed by atoms with Crippen molar-refractivity contribution in [2.75, 3.05) is 25.5 Å². The van der Waals surface area contributed by atoms with Crippen LogP contribution in [-0.4, -0.2) is 20.6 Å². The predicted octanol–water partition coefficient (Wildman–Crippen LogP) is 0.711. The number of nitrogens with zero attached hydrogens (tertiary/aromatic N) is 1. The molecule has 0 saturated heterocycles. The molecular weight excluding hydrogens is 162 g/mol. The van der Waals surface area contributed by atoms with E-state index in [1.807, 2.05) is 37.2 Å². The van der Waals surface area contributed by atoms with Crippen molar-refractivity contribution in [2.45, 2.75) is 6.04 Å². The smallest absolute Gasteiger partial charge is 0.0420 e. The zero-order valence-electron chi connectivity index (χ0n) is 8.20. The Kier molecular flexibility index (Phi) is 3.28. The quantitative estimate of drug-likeness (QED) is 0.718. The van der Waals surface area contributed by atoms with Crippen molar-refractivity contribution in [3.05, 3.63) is 29.8 Å². The molecule has 3 heteroatoms. The molecule has 0 aliphatic carbocycles. The van der Waals surface area contributed by atoms with E-state index in [-0.39, 0.29) is 6.04 Å². The van der Waals surface area contributed by atoms with Crippen molar-refractivity contribution >= 4 is 5.69 Å². The van der Waals surface area contributed by atoms with Crippen molar-refractivity contribution in [2.24, 2.45) is 11.5 Å². The monoisotopic (exact) mass is 179 g/mol. The molecule has 0 aliphatic rings. The predicted molar refractivity (Wildman–Crippen MR) is 56.8 cm³/mol. The summed E-state index contributed by atoms with van der Waals surface area (Å²) in [5, 5.41) is 0. The summed E-state index contributed by atoms with van der Waals surface area (Å²) in [6.07, 6.45) is 0. The number of nitrogens with two attached hydrogens (primary N) is 2. The minimum absolute atomic E-state index is 0.0556. The molecule has 0 heterocycles. The fourth-order valence-corrected chi connectivity index (χ4v) is 1.17. The first-order chi connectivity index (χ1) is 6.15. The maximum absolute atomic E-state index is 5.82. The Bertz CT molecular complexity index is 271.